The predicted octanol–water partition coefficient (Wildman–Crippen LogP) is 3.30. The van der Waals surface area contributed by atoms with E-state index < -0.39 is 10.0 Å². The van der Waals surface area contributed by atoms with E-state index in [2.05, 4.69) is 16.6 Å². The van der Waals surface area contributed by atoms with E-state index >= 15 is 0 Å². The largest absolute Gasteiger partial charge is 0.345 e. The van der Waals surface area contributed by atoms with E-state index in [1.54, 1.807) is 6.07 Å². The zero-order valence-electron chi connectivity index (χ0n) is 13.7. The van der Waals surface area contributed by atoms with Crippen molar-refractivity contribution in [3.8, 4) is 0 Å². The normalized spacial score (nSPS) is 12.4. The molecule has 0 spiro atoms. The second-order valence-corrected chi connectivity index (χ2v) is 7.56. The Bertz CT molecular complexity index is 864. The lowest BCUT2D eigenvalue weighted by Crippen LogP contribution is -2.27. The van der Waals surface area contributed by atoms with E-state index in [-0.39, 0.29) is 23.4 Å². The summed E-state index contributed by atoms with van der Waals surface area (Å²) in [6.45, 7) is 5.43. The lowest BCUT2D eigenvalue weighted by atomic mass is 10.1. The van der Waals surface area contributed by atoms with Crippen LogP contribution in [-0.4, -0.2) is 20.9 Å². The summed E-state index contributed by atoms with van der Waals surface area (Å²) in [6, 6.07) is 12.7. The molecule has 5 nitrogen and oxygen atoms in total. The fraction of sp³-hybridized carbons (Fsp3) is 0.167. The monoisotopic (exact) mass is 378 g/mol. The Labute approximate surface area is 152 Å². The Morgan fingerprint density at radius 3 is 2.44 bits per heavy atom. The zero-order chi connectivity index (χ0) is 18.4. The number of amides is 1. The summed E-state index contributed by atoms with van der Waals surface area (Å²) in [6.07, 6.45) is 1.45. The number of rotatable bonds is 7. The molecule has 1 atom stereocenters. The van der Waals surface area contributed by atoms with Crippen LogP contribution in [0.3, 0.4) is 0 Å². The second kappa shape index (κ2) is 8.29. The van der Waals surface area contributed by atoms with E-state index in [1.807, 2.05) is 25.1 Å². The second-order valence-electron chi connectivity index (χ2n) is 5.38. The minimum absolute atomic E-state index is 0.0880. The van der Waals surface area contributed by atoms with Crippen LogP contribution in [0, 0.1) is 0 Å². The minimum atomic E-state index is -3.61. The van der Waals surface area contributed by atoms with Crippen LogP contribution in [0.2, 0.25) is 5.02 Å². The highest BCUT2D eigenvalue weighted by Crippen LogP contribution is 2.22. The van der Waals surface area contributed by atoms with Gasteiger partial charge in [-0.2, -0.15) is 0 Å². The molecular weight excluding hydrogens is 360 g/mol. The third-order valence-corrected chi connectivity index (χ3v) is 5.35. The summed E-state index contributed by atoms with van der Waals surface area (Å²) in [7, 11) is -3.61. The van der Waals surface area contributed by atoms with Gasteiger partial charge in [-0.3, -0.25) is 4.79 Å². The highest BCUT2D eigenvalue weighted by Gasteiger charge is 2.16. The molecule has 0 bridgehead atoms. The highest BCUT2D eigenvalue weighted by atomic mass is 35.5. The predicted molar refractivity (Wildman–Crippen MR) is 99.2 cm³/mol. The van der Waals surface area contributed by atoms with Crippen LogP contribution in [0.5, 0.6) is 0 Å². The maximum absolute atomic E-state index is 12.3. The van der Waals surface area contributed by atoms with Gasteiger partial charge in [-0.05, 0) is 42.8 Å². The summed E-state index contributed by atoms with van der Waals surface area (Å²) >= 11 is 6.13. The summed E-state index contributed by atoms with van der Waals surface area (Å²) < 4.78 is 26.4. The van der Waals surface area contributed by atoms with Crippen LogP contribution in [0.15, 0.2) is 66.1 Å². The van der Waals surface area contributed by atoms with Crippen molar-refractivity contribution in [1.82, 2.24) is 10.0 Å². The van der Waals surface area contributed by atoms with Crippen molar-refractivity contribution in [3.05, 3.63) is 77.3 Å². The average molecular weight is 379 g/mol. The van der Waals surface area contributed by atoms with E-state index in [0.717, 1.165) is 5.56 Å². The number of hydrogen-bond acceptors (Lipinski definition) is 3. The molecule has 0 saturated heterocycles. The molecule has 2 aromatic carbocycles. The summed E-state index contributed by atoms with van der Waals surface area (Å²) in [5.74, 6) is -0.310. The van der Waals surface area contributed by atoms with E-state index in [9.17, 15) is 13.2 Å². The molecule has 0 fully saturated rings. The molecule has 0 saturated carbocycles. The van der Waals surface area contributed by atoms with Crippen LogP contribution in [0.1, 0.15) is 28.9 Å². The van der Waals surface area contributed by atoms with E-state index in [0.29, 0.717) is 10.6 Å². The SMILES string of the molecule is C=CCNS(=O)(=O)c1ccc(C(=O)NC(C)c2ccccc2Cl)cc1. The standard InChI is InChI=1S/C18H19ClN2O3S/c1-3-12-20-25(23,24)15-10-8-14(9-11-15)18(22)21-13(2)16-6-4-5-7-17(16)19/h3-11,13,20H,1,12H2,2H3,(H,21,22). The molecule has 0 aromatic heterocycles. The average Bonchev–Trinajstić information content (AvgIpc) is 2.60. The first kappa shape index (κ1) is 19.2. The Balaban J connectivity index is 2.10. The third kappa shape index (κ3) is 4.92. The zero-order valence-corrected chi connectivity index (χ0v) is 15.3. The molecule has 1 unspecified atom stereocenters. The minimum Gasteiger partial charge on any atom is -0.345 e. The van der Waals surface area contributed by atoms with Crippen molar-refractivity contribution in [2.75, 3.05) is 6.54 Å². The van der Waals surface area contributed by atoms with Gasteiger partial charge in [0.05, 0.1) is 10.9 Å². The molecule has 0 aliphatic rings. The fourth-order valence-electron chi connectivity index (χ4n) is 2.22. The van der Waals surface area contributed by atoms with Gasteiger partial charge in [0, 0.05) is 17.1 Å². The first-order valence-corrected chi connectivity index (χ1v) is 9.47. The molecule has 25 heavy (non-hydrogen) atoms. The summed E-state index contributed by atoms with van der Waals surface area (Å²) in [5.41, 5.74) is 1.17. The quantitative estimate of drug-likeness (QED) is 0.726. The van der Waals surface area contributed by atoms with Crippen LogP contribution in [-0.2, 0) is 10.0 Å². The van der Waals surface area contributed by atoms with Crippen molar-refractivity contribution >= 4 is 27.5 Å². The van der Waals surface area contributed by atoms with Gasteiger partial charge in [-0.25, -0.2) is 13.1 Å². The number of nitrogens with one attached hydrogen (secondary N) is 2. The maximum Gasteiger partial charge on any atom is 0.251 e. The molecule has 0 aliphatic heterocycles. The number of carbonyl (C=O) groups is 1. The van der Waals surface area contributed by atoms with Crippen molar-refractivity contribution < 1.29 is 13.2 Å². The van der Waals surface area contributed by atoms with Crippen molar-refractivity contribution in [2.45, 2.75) is 17.9 Å². The fourth-order valence-corrected chi connectivity index (χ4v) is 3.52. The molecule has 0 heterocycles. The number of carbonyl (C=O) groups excluding carboxylic acids is 1. The van der Waals surface area contributed by atoms with Gasteiger partial charge in [-0.15, -0.1) is 6.58 Å². The van der Waals surface area contributed by atoms with Gasteiger partial charge >= 0.3 is 0 Å². The van der Waals surface area contributed by atoms with Gasteiger partial charge in [0.1, 0.15) is 0 Å². The molecule has 2 N–H and O–H groups in total. The van der Waals surface area contributed by atoms with Crippen molar-refractivity contribution in [2.24, 2.45) is 0 Å². The van der Waals surface area contributed by atoms with Crippen molar-refractivity contribution in [3.63, 3.8) is 0 Å². The molecule has 0 radical (unpaired) electrons. The summed E-state index contributed by atoms with van der Waals surface area (Å²) in [4.78, 5) is 12.4. The first-order chi connectivity index (χ1) is 11.8. The molecule has 2 rings (SSSR count). The van der Waals surface area contributed by atoms with E-state index in [1.165, 1.54) is 30.3 Å². The lowest BCUT2D eigenvalue weighted by Gasteiger charge is -2.16. The maximum atomic E-state index is 12.3. The molecule has 0 aliphatic carbocycles. The third-order valence-electron chi connectivity index (χ3n) is 3.56. The van der Waals surface area contributed by atoms with Crippen molar-refractivity contribution in [1.29, 1.82) is 0 Å². The van der Waals surface area contributed by atoms with Gasteiger partial charge in [0.2, 0.25) is 10.0 Å². The van der Waals surface area contributed by atoms with Crippen LogP contribution in [0.4, 0.5) is 0 Å². The van der Waals surface area contributed by atoms with Gasteiger partial charge in [0.25, 0.3) is 5.91 Å². The number of halogens is 1. The van der Waals surface area contributed by atoms with Crippen LogP contribution in [0.25, 0.3) is 0 Å². The molecule has 7 heteroatoms. The van der Waals surface area contributed by atoms with Gasteiger partial charge in [0.15, 0.2) is 0 Å². The topological polar surface area (TPSA) is 75.3 Å². The Morgan fingerprint density at radius 2 is 1.84 bits per heavy atom. The Hall–Kier alpha value is -2.15. The highest BCUT2D eigenvalue weighted by molar-refractivity contribution is 7.89. The number of hydrogen-bond donors (Lipinski definition) is 2. The first-order valence-electron chi connectivity index (χ1n) is 7.61. The number of benzene rings is 2. The van der Waals surface area contributed by atoms with Crippen LogP contribution >= 0.6 is 11.6 Å². The van der Waals surface area contributed by atoms with Gasteiger partial charge in [-0.1, -0.05) is 35.9 Å². The molecule has 132 valence electrons. The molecule has 2 aromatic rings. The number of sulfonamides is 1. The van der Waals surface area contributed by atoms with Crippen LogP contribution < -0.4 is 10.0 Å². The molecule has 1 amide bonds. The molecular formula is C18H19ClN2O3S. The Kier molecular flexibility index (Phi) is 6.36. The van der Waals surface area contributed by atoms with Gasteiger partial charge < -0.3 is 5.32 Å². The van der Waals surface area contributed by atoms with E-state index in [4.69, 9.17) is 11.6 Å². The summed E-state index contributed by atoms with van der Waals surface area (Å²) in [5, 5.41) is 3.42. The lowest BCUT2D eigenvalue weighted by molar-refractivity contribution is 0.0940. The Morgan fingerprint density at radius 1 is 1.20 bits per heavy atom. The smallest absolute Gasteiger partial charge is 0.251 e.